The quantitative estimate of drug-likeness (QED) is 0.723. The average Bonchev–Trinajstić information content (AvgIpc) is 2.45. The smallest absolute Gasteiger partial charge is 0.129 e. The van der Waals surface area contributed by atoms with Crippen LogP contribution >= 0.6 is 0 Å². The van der Waals surface area contributed by atoms with E-state index in [2.05, 4.69) is 18.7 Å². The van der Waals surface area contributed by atoms with E-state index in [9.17, 15) is 4.79 Å². The van der Waals surface area contributed by atoms with Crippen molar-refractivity contribution in [2.45, 2.75) is 78.2 Å². The zero-order chi connectivity index (χ0) is 14.5. The molecule has 0 aromatic rings. The summed E-state index contributed by atoms with van der Waals surface area (Å²) in [5.74, 6) is 2.92. The van der Waals surface area contributed by atoms with E-state index in [0.29, 0.717) is 5.78 Å². The van der Waals surface area contributed by atoms with Crippen molar-refractivity contribution in [3.05, 3.63) is 0 Å². The molecule has 2 heterocycles. The largest absolute Gasteiger partial charge is 0.300 e. The fourth-order valence-electron chi connectivity index (χ4n) is 4.46. The Morgan fingerprint density at radius 3 is 2.85 bits per heavy atom. The van der Waals surface area contributed by atoms with Gasteiger partial charge in [0.2, 0.25) is 0 Å². The second-order valence-electron chi connectivity index (χ2n) is 7.29. The van der Waals surface area contributed by atoms with Crippen LogP contribution in [0, 0.1) is 17.8 Å². The minimum atomic E-state index is 0.350. The van der Waals surface area contributed by atoms with E-state index >= 15 is 0 Å². The van der Waals surface area contributed by atoms with E-state index < -0.39 is 0 Å². The van der Waals surface area contributed by atoms with E-state index in [1.54, 1.807) is 6.92 Å². The Morgan fingerprint density at radius 1 is 1.35 bits per heavy atom. The highest BCUT2D eigenvalue weighted by Crippen LogP contribution is 2.38. The molecule has 2 nitrogen and oxygen atoms in total. The van der Waals surface area contributed by atoms with Crippen LogP contribution in [0.15, 0.2) is 0 Å². The summed E-state index contributed by atoms with van der Waals surface area (Å²) in [4.78, 5) is 13.9. The van der Waals surface area contributed by atoms with Crippen molar-refractivity contribution in [3.63, 3.8) is 0 Å². The van der Waals surface area contributed by atoms with Crippen LogP contribution < -0.4 is 0 Å². The molecule has 0 bridgehead atoms. The molecule has 0 aromatic carbocycles. The van der Waals surface area contributed by atoms with Crippen LogP contribution in [-0.4, -0.2) is 29.8 Å². The van der Waals surface area contributed by atoms with E-state index in [-0.39, 0.29) is 0 Å². The van der Waals surface area contributed by atoms with Gasteiger partial charge in [0.15, 0.2) is 0 Å². The molecule has 0 aromatic heterocycles. The van der Waals surface area contributed by atoms with Crippen LogP contribution in [0.5, 0.6) is 0 Å². The molecule has 3 unspecified atom stereocenters. The van der Waals surface area contributed by atoms with Crippen LogP contribution in [0.25, 0.3) is 0 Å². The number of piperidine rings is 2. The number of hydrogen-bond donors (Lipinski definition) is 0. The first kappa shape index (κ1) is 16.0. The Balaban J connectivity index is 1.86. The van der Waals surface area contributed by atoms with Gasteiger partial charge in [-0.15, -0.1) is 0 Å². The summed E-state index contributed by atoms with van der Waals surface area (Å²) < 4.78 is 0. The predicted molar refractivity (Wildman–Crippen MR) is 84.8 cm³/mol. The highest BCUT2D eigenvalue weighted by Gasteiger charge is 2.37. The van der Waals surface area contributed by atoms with Gasteiger partial charge in [-0.1, -0.05) is 26.7 Å². The Kier molecular flexibility index (Phi) is 6.07. The number of rotatable bonds is 6. The number of ketones is 1. The van der Waals surface area contributed by atoms with E-state index in [1.807, 2.05) is 0 Å². The lowest BCUT2D eigenvalue weighted by molar-refractivity contribution is -0.117. The second-order valence-corrected chi connectivity index (χ2v) is 7.29. The Bertz CT molecular complexity index is 307. The normalized spacial score (nSPS) is 32.6. The summed E-state index contributed by atoms with van der Waals surface area (Å²) in [6.07, 6.45) is 10.2. The van der Waals surface area contributed by atoms with Crippen molar-refractivity contribution in [2.24, 2.45) is 17.8 Å². The molecule has 2 fully saturated rings. The fraction of sp³-hybridized carbons (Fsp3) is 0.944. The predicted octanol–water partition coefficient (Wildman–Crippen LogP) is 4.28. The van der Waals surface area contributed by atoms with Gasteiger partial charge < -0.3 is 4.79 Å². The van der Waals surface area contributed by atoms with Gasteiger partial charge in [0.05, 0.1) is 0 Å². The minimum absolute atomic E-state index is 0.350. The maximum atomic E-state index is 11.1. The first-order valence-electron chi connectivity index (χ1n) is 8.85. The van der Waals surface area contributed by atoms with Crippen LogP contribution in [-0.2, 0) is 4.79 Å². The third-order valence-electron chi connectivity index (χ3n) is 5.80. The fourth-order valence-corrected chi connectivity index (χ4v) is 4.46. The lowest BCUT2D eigenvalue weighted by Gasteiger charge is -2.48. The highest BCUT2D eigenvalue weighted by atomic mass is 16.1. The van der Waals surface area contributed by atoms with Gasteiger partial charge in [-0.05, 0) is 63.3 Å². The third-order valence-corrected chi connectivity index (χ3v) is 5.80. The number of nitrogens with zero attached hydrogens (tertiary/aromatic N) is 1. The molecule has 20 heavy (non-hydrogen) atoms. The summed E-state index contributed by atoms with van der Waals surface area (Å²) in [6.45, 7) is 9.17. The molecule has 2 heteroatoms. The van der Waals surface area contributed by atoms with Gasteiger partial charge in [0, 0.05) is 19.0 Å². The summed E-state index contributed by atoms with van der Waals surface area (Å²) in [6, 6.07) is 0.884. The molecule has 0 N–H and O–H groups in total. The zero-order valence-electron chi connectivity index (χ0n) is 13.7. The van der Waals surface area contributed by atoms with Crippen molar-refractivity contribution in [1.29, 1.82) is 0 Å². The molecule has 116 valence electrons. The average molecular weight is 279 g/mol. The monoisotopic (exact) mass is 279 g/mol. The molecule has 0 amide bonds. The Morgan fingerprint density at radius 2 is 2.15 bits per heavy atom. The number of carbonyl (C=O) groups excluding carboxylic acids is 1. The van der Waals surface area contributed by atoms with Crippen molar-refractivity contribution in [3.8, 4) is 0 Å². The van der Waals surface area contributed by atoms with Crippen molar-refractivity contribution >= 4 is 5.78 Å². The van der Waals surface area contributed by atoms with Crippen LogP contribution in [0.2, 0.25) is 0 Å². The minimum Gasteiger partial charge on any atom is -0.300 e. The van der Waals surface area contributed by atoms with Crippen LogP contribution in [0.4, 0.5) is 0 Å². The van der Waals surface area contributed by atoms with E-state index in [4.69, 9.17) is 0 Å². The summed E-state index contributed by atoms with van der Waals surface area (Å²) in [7, 11) is 0. The molecule has 0 aliphatic carbocycles. The molecular formula is C18H33NO. The maximum Gasteiger partial charge on any atom is 0.129 e. The summed E-state index contributed by atoms with van der Waals surface area (Å²) in [5, 5.41) is 0. The lowest BCUT2D eigenvalue weighted by Crippen LogP contribution is -2.51. The van der Waals surface area contributed by atoms with Gasteiger partial charge in [0.1, 0.15) is 5.78 Å². The maximum absolute atomic E-state index is 11.1. The van der Waals surface area contributed by atoms with Gasteiger partial charge >= 0.3 is 0 Å². The van der Waals surface area contributed by atoms with Gasteiger partial charge in [0.25, 0.3) is 0 Å². The van der Waals surface area contributed by atoms with Crippen LogP contribution in [0.1, 0.15) is 72.1 Å². The summed E-state index contributed by atoms with van der Waals surface area (Å²) >= 11 is 0. The Labute approximate surface area is 125 Å². The molecular weight excluding hydrogens is 246 g/mol. The van der Waals surface area contributed by atoms with Gasteiger partial charge in [-0.3, -0.25) is 4.90 Å². The van der Waals surface area contributed by atoms with Crippen LogP contribution in [0.3, 0.4) is 0 Å². The summed E-state index contributed by atoms with van der Waals surface area (Å²) in [5.41, 5.74) is 0. The van der Waals surface area contributed by atoms with Crippen molar-refractivity contribution in [2.75, 3.05) is 13.1 Å². The van der Waals surface area contributed by atoms with Crippen molar-refractivity contribution < 1.29 is 4.79 Å². The molecule has 0 spiro atoms. The van der Waals surface area contributed by atoms with E-state index in [1.165, 1.54) is 51.6 Å². The highest BCUT2D eigenvalue weighted by molar-refractivity contribution is 5.75. The number of hydrogen-bond acceptors (Lipinski definition) is 2. The molecule has 4 atom stereocenters. The van der Waals surface area contributed by atoms with Gasteiger partial charge in [-0.2, -0.15) is 0 Å². The second kappa shape index (κ2) is 7.59. The topological polar surface area (TPSA) is 20.3 Å². The molecule has 2 rings (SSSR count). The molecule has 0 radical (unpaired) electrons. The van der Waals surface area contributed by atoms with Gasteiger partial charge in [-0.25, -0.2) is 0 Å². The molecule has 2 aliphatic rings. The zero-order valence-corrected chi connectivity index (χ0v) is 13.7. The SMILES string of the molecule is CCC1CC([C@H](C)CCCC(C)=O)CN2CCCCC12. The molecule has 0 saturated carbocycles. The van der Waals surface area contributed by atoms with E-state index in [0.717, 1.165) is 36.6 Å². The van der Waals surface area contributed by atoms with Crippen molar-refractivity contribution in [1.82, 2.24) is 4.90 Å². The number of carbonyl (C=O) groups is 1. The Hall–Kier alpha value is -0.370. The molecule has 2 saturated heterocycles. The first-order valence-corrected chi connectivity index (χ1v) is 8.85. The first-order chi connectivity index (χ1) is 9.61. The lowest BCUT2D eigenvalue weighted by atomic mass is 9.73. The standard InChI is InChI=1S/C18H33NO/c1-4-16-12-17(14(2)8-7-9-15(3)20)13-19-11-6-5-10-18(16)19/h14,16-18H,4-13H2,1-3H3/t14-,16?,17?,18?/m1/s1. The molecule has 2 aliphatic heterocycles. The number of Topliss-reactive ketones (excluding diaryl/α,β-unsaturated/α-hetero) is 1. The third kappa shape index (κ3) is 4.07. The number of fused-ring (bicyclic) bond motifs is 1.